The maximum atomic E-state index is 12.5. The summed E-state index contributed by atoms with van der Waals surface area (Å²) < 4.78 is 5.78. The van der Waals surface area contributed by atoms with Gasteiger partial charge in [-0.1, -0.05) is 18.2 Å². The molecule has 2 aliphatic rings. The molecular formula is C15H18O2. The molecule has 0 saturated carbocycles. The van der Waals surface area contributed by atoms with Gasteiger partial charge in [0.05, 0.1) is 18.1 Å². The Kier molecular flexibility index (Phi) is 2.55. The van der Waals surface area contributed by atoms with Crippen LogP contribution in [0, 0.1) is 19.8 Å². The number of Topliss-reactive ketones (excluding diaryl/α,β-unsaturated/α-hetero) is 1. The largest absolute Gasteiger partial charge is 0.374 e. The first-order valence-electron chi connectivity index (χ1n) is 6.42. The van der Waals surface area contributed by atoms with Crippen LogP contribution in [0.4, 0.5) is 0 Å². The molecule has 0 amide bonds. The summed E-state index contributed by atoms with van der Waals surface area (Å²) in [7, 11) is 0. The second-order valence-electron chi connectivity index (χ2n) is 5.33. The summed E-state index contributed by atoms with van der Waals surface area (Å²) in [6.07, 6.45) is 3.66. The molecule has 17 heavy (non-hydrogen) atoms. The van der Waals surface area contributed by atoms with Crippen LogP contribution in [0.1, 0.15) is 40.7 Å². The number of aryl methyl sites for hydroxylation is 1. The Labute approximate surface area is 102 Å². The number of hydrogen-bond acceptors (Lipinski definition) is 2. The number of ether oxygens (including phenoxy) is 1. The molecule has 1 aromatic rings. The predicted molar refractivity (Wildman–Crippen MR) is 66.2 cm³/mol. The van der Waals surface area contributed by atoms with Gasteiger partial charge in [-0.25, -0.2) is 0 Å². The van der Waals surface area contributed by atoms with E-state index in [0.29, 0.717) is 11.9 Å². The van der Waals surface area contributed by atoms with Crippen LogP contribution in [0.2, 0.25) is 0 Å². The number of ketones is 1. The first-order valence-corrected chi connectivity index (χ1v) is 6.42. The predicted octanol–water partition coefficient (Wildman–Crippen LogP) is 3.05. The van der Waals surface area contributed by atoms with Crippen molar-refractivity contribution in [3.8, 4) is 0 Å². The fourth-order valence-corrected chi connectivity index (χ4v) is 3.13. The number of hydrogen-bond donors (Lipinski definition) is 0. The SMILES string of the molecule is Cc1cccc(C(=O)C2CC3CCC2O3)c1C. The average molecular weight is 230 g/mol. The zero-order valence-corrected chi connectivity index (χ0v) is 10.4. The molecule has 0 aliphatic carbocycles. The molecule has 90 valence electrons. The van der Waals surface area contributed by atoms with E-state index in [1.807, 2.05) is 19.1 Å². The van der Waals surface area contributed by atoms with Gasteiger partial charge < -0.3 is 4.74 Å². The Balaban J connectivity index is 1.89. The molecule has 2 heteroatoms. The number of fused-ring (bicyclic) bond motifs is 2. The molecule has 0 radical (unpaired) electrons. The third kappa shape index (κ3) is 1.71. The number of carbonyl (C=O) groups is 1. The van der Waals surface area contributed by atoms with Crippen LogP contribution < -0.4 is 0 Å². The Morgan fingerprint density at radius 2 is 2.12 bits per heavy atom. The van der Waals surface area contributed by atoms with Crippen LogP contribution in [-0.2, 0) is 4.74 Å². The van der Waals surface area contributed by atoms with Crippen LogP contribution in [0.3, 0.4) is 0 Å². The molecule has 2 bridgehead atoms. The minimum atomic E-state index is 0.106. The molecule has 3 rings (SSSR count). The highest BCUT2D eigenvalue weighted by Gasteiger charge is 2.44. The molecular weight excluding hydrogens is 212 g/mol. The molecule has 2 heterocycles. The van der Waals surface area contributed by atoms with E-state index in [0.717, 1.165) is 30.4 Å². The number of carbonyl (C=O) groups excluding carboxylic acids is 1. The molecule has 3 atom stereocenters. The molecule has 2 fully saturated rings. The topological polar surface area (TPSA) is 26.3 Å². The van der Waals surface area contributed by atoms with Crippen LogP contribution >= 0.6 is 0 Å². The van der Waals surface area contributed by atoms with Crippen LogP contribution in [0.25, 0.3) is 0 Å². The first kappa shape index (κ1) is 11.0. The van der Waals surface area contributed by atoms with Gasteiger partial charge in [-0.3, -0.25) is 4.79 Å². The van der Waals surface area contributed by atoms with Crippen molar-refractivity contribution in [2.75, 3.05) is 0 Å². The Morgan fingerprint density at radius 3 is 2.76 bits per heavy atom. The van der Waals surface area contributed by atoms with Crippen LogP contribution in [-0.4, -0.2) is 18.0 Å². The summed E-state index contributed by atoms with van der Waals surface area (Å²) in [6, 6.07) is 5.99. The monoisotopic (exact) mass is 230 g/mol. The van der Waals surface area contributed by atoms with E-state index in [1.54, 1.807) is 0 Å². The third-order valence-corrected chi connectivity index (χ3v) is 4.31. The maximum Gasteiger partial charge on any atom is 0.168 e. The molecule has 0 spiro atoms. The number of benzene rings is 1. The lowest BCUT2D eigenvalue weighted by atomic mass is 9.82. The highest BCUT2D eigenvalue weighted by molar-refractivity contribution is 6.00. The van der Waals surface area contributed by atoms with Gasteiger partial charge >= 0.3 is 0 Å². The van der Waals surface area contributed by atoms with E-state index in [-0.39, 0.29) is 12.0 Å². The third-order valence-electron chi connectivity index (χ3n) is 4.31. The Bertz CT molecular complexity index is 464. The standard InChI is InChI=1S/C15H18O2/c1-9-4-3-5-12(10(9)2)15(16)13-8-11-6-7-14(13)17-11/h3-5,11,13-14H,6-8H2,1-2H3. The van der Waals surface area contributed by atoms with Gasteiger partial charge in [0.25, 0.3) is 0 Å². The highest BCUT2D eigenvalue weighted by atomic mass is 16.5. The van der Waals surface area contributed by atoms with Crippen molar-refractivity contribution in [3.05, 3.63) is 34.9 Å². The summed E-state index contributed by atoms with van der Waals surface area (Å²) in [5, 5.41) is 0. The normalized spacial score (nSPS) is 30.8. The summed E-state index contributed by atoms with van der Waals surface area (Å²) in [5.74, 6) is 0.396. The van der Waals surface area contributed by atoms with E-state index in [1.165, 1.54) is 5.56 Å². The van der Waals surface area contributed by atoms with Crippen molar-refractivity contribution in [1.82, 2.24) is 0 Å². The molecule has 0 N–H and O–H groups in total. The number of rotatable bonds is 2. The summed E-state index contributed by atoms with van der Waals surface area (Å²) in [5.41, 5.74) is 3.21. The molecule has 2 saturated heterocycles. The fourth-order valence-electron chi connectivity index (χ4n) is 3.13. The Morgan fingerprint density at radius 1 is 1.29 bits per heavy atom. The molecule has 2 aliphatic heterocycles. The fraction of sp³-hybridized carbons (Fsp3) is 0.533. The van der Waals surface area contributed by atoms with Crippen LogP contribution in [0.5, 0.6) is 0 Å². The lowest BCUT2D eigenvalue weighted by Crippen LogP contribution is -2.26. The molecule has 2 nitrogen and oxygen atoms in total. The zero-order valence-electron chi connectivity index (χ0n) is 10.4. The lowest BCUT2D eigenvalue weighted by Gasteiger charge is -2.18. The lowest BCUT2D eigenvalue weighted by molar-refractivity contribution is 0.0743. The van der Waals surface area contributed by atoms with Crippen molar-refractivity contribution < 1.29 is 9.53 Å². The first-order chi connectivity index (χ1) is 8.16. The van der Waals surface area contributed by atoms with Gasteiger partial charge in [-0.15, -0.1) is 0 Å². The summed E-state index contributed by atoms with van der Waals surface area (Å²) in [4.78, 5) is 12.5. The average Bonchev–Trinajstić information content (AvgIpc) is 2.94. The minimum Gasteiger partial charge on any atom is -0.374 e. The van der Waals surface area contributed by atoms with Crippen molar-refractivity contribution in [2.45, 2.75) is 45.3 Å². The zero-order chi connectivity index (χ0) is 12.0. The Hall–Kier alpha value is -1.15. The maximum absolute atomic E-state index is 12.5. The van der Waals surface area contributed by atoms with E-state index >= 15 is 0 Å². The molecule has 0 aromatic heterocycles. The van der Waals surface area contributed by atoms with Gasteiger partial charge in [-0.2, -0.15) is 0 Å². The van der Waals surface area contributed by atoms with Crippen molar-refractivity contribution in [3.63, 3.8) is 0 Å². The van der Waals surface area contributed by atoms with Gasteiger partial charge in [0.2, 0.25) is 0 Å². The summed E-state index contributed by atoms with van der Waals surface area (Å²) >= 11 is 0. The summed E-state index contributed by atoms with van der Waals surface area (Å²) in [6.45, 7) is 4.10. The van der Waals surface area contributed by atoms with Crippen molar-refractivity contribution >= 4 is 5.78 Å². The van der Waals surface area contributed by atoms with Crippen molar-refractivity contribution in [2.24, 2.45) is 5.92 Å². The van der Waals surface area contributed by atoms with Crippen molar-refractivity contribution in [1.29, 1.82) is 0 Å². The smallest absolute Gasteiger partial charge is 0.168 e. The quantitative estimate of drug-likeness (QED) is 0.730. The highest BCUT2D eigenvalue weighted by Crippen LogP contribution is 2.40. The van der Waals surface area contributed by atoms with Gasteiger partial charge in [0, 0.05) is 5.56 Å². The van der Waals surface area contributed by atoms with Gasteiger partial charge in [-0.05, 0) is 44.2 Å². The van der Waals surface area contributed by atoms with E-state index in [9.17, 15) is 4.79 Å². The van der Waals surface area contributed by atoms with E-state index in [4.69, 9.17) is 4.74 Å². The van der Waals surface area contributed by atoms with Crippen LogP contribution in [0.15, 0.2) is 18.2 Å². The minimum absolute atomic E-state index is 0.106. The van der Waals surface area contributed by atoms with Gasteiger partial charge in [0.1, 0.15) is 0 Å². The molecule has 3 unspecified atom stereocenters. The van der Waals surface area contributed by atoms with E-state index < -0.39 is 0 Å². The second-order valence-corrected chi connectivity index (χ2v) is 5.33. The van der Waals surface area contributed by atoms with E-state index in [2.05, 4.69) is 13.0 Å². The molecule has 1 aromatic carbocycles. The van der Waals surface area contributed by atoms with Gasteiger partial charge in [0.15, 0.2) is 5.78 Å². The second kappa shape index (κ2) is 3.95.